The number of nitrogens with zero attached hydrogens (tertiary/aromatic N) is 6. The number of alkyl halides is 1. The molecule has 0 spiro atoms. The van der Waals surface area contributed by atoms with Crippen molar-refractivity contribution in [2.75, 3.05) is 19.7 Å². The third-order valence-corrected chi connectivity index (χ3v) is 8.01. The van der Waals surface area contributed by atoms with Crippen LogP contribution in [-0.4, -0.2) is 74.1 Å². The molecule has 4 heterocycles. The maximum absolute atomic E-state index is 15.7. The quantitative estimate of drug-likeness (QED) is 0.206. The highest BCUT2D eigenvalue weighted by atomic mass is 35.5. The molecule has 1 amide bonds. The topological polar surface area (TPSA) is 150 Å². The molecule has 3 aromatic heterocycles. The van der Waals surface area contributed by atoms with E-state index in [1.165, 1.54) is 30.7 Å². The fourth-order valence-electron chi connectivity index (χ4n) is 5.37. The molecule has 6 rings (SSSR count). The summed E-state index contributed by atoms with van der Waals surface area (Å²) >= 11 is 6.58. The third-order valence-electron chi connectivity index (χ3n) is 7.29. The lowest BCUT2D eigenvalue weighted by atomic mass is 10.00. The molecule has 1 aliphatic heterocycles. The number of piperidine rings is 1. The van der Waals surface area contributed by atoms with Crippen LogP contribution in [0.25, 0.3) is 33.1 Å². The van der Waals surface area contributed by atoms with E-state index in [9.17, 15) is 13.2 Å². The van der Waals surface area contributed by atoms with Crippen LogP contribution in [-0.2, 0) is 19.4 Å². The normalized spacial score (nSPS) is 16.2. The molecule has 0 aliphatic carbocycles. The van der Waals surface area contributed by atoms with Gasteiger partial charge in [-0.15, -0.1) is 0 Å². The van der Waals surface area contributed by atoms with E-state index in [1.54, 1.807) is 35.8 Å². The van der Waals surface area contributed by atoms with E-state index in [4.69, 9.17) is 20.9 Å². The van der Waals surface area contributed by atoms with Gasteiger partial charge in [-0.3, -0.25) is 14.3 Å². The van der Waals surface area contributed by atoms with E-state index in [2.05, 4.69) is 24.1 Å². The number of halogens is 3. The molecule has 0 saturated carbocycles. The number of carbonyl (C=O) groups excluding carboxylic acids is 1. The van der Waals surface area contributed by atoms with Gasteiger partial charge in [-0.25, -0.2) is 27.9 Å². The number of aromatic nitrogens is 5. The summed E-state index contributed by atoms with van der Waals surface area (Å²) in [5.74, 6) is -0.510. The number of hydrogen-bond donors (Lipinski definition) is 1. The number of amides is 1. The van der Waals surface area contributed by atoms with Gasteiger partial charge in [0.2, 0.25) is 5.91 Å². The highest BCUT2D eigenvalue weighted by molar-refractivity contribution is 7.80. The fraction of sp³-hybridized carbons (Fsp3) is 0.276. The van der Waals surface area contributed by atoms with Crippen LogP contribution in [0.2, 0.25) is 5.02 Å². The SMILES string of the molecule is C.Cc1nc2cnc3cc(F)c(-c4ccc(Oc5ncccn5)cc4Cl)cc3c2n1[C@H]1CCN(C(=O)COS(=O)(=O)O)C[C@@H]1F.S.S. The monoisotopic (exact) mass is 728 g/mol. The zero-order chi connectivity index (χ0) is 31.2. The molecular weight excluding hydrogens is 698 g/mol. The van der Waals surface area contributed by atoms with Gasteiger partial charge < -0.3 is 14.2 Å². The molecule has 5 aromatic rings. The Morgan fingerprint density at radius 3 is 2.49 bits per heavy atom. The van der Waals surface area contributed by atoms with Gasteiger partial charge in [-0.05, 0) is 37.6 Å². The lowest BCUT2D eigenvalue weighted by Crippen LogP contribution is -2.47. The number of fused-ring (bicyclic) bond motifs is 3. The number of pyridine rings is 1. The van der Waals surface area contributed by atoms with Gasteiger partial charge in [0.05, 0.1) is 34.8 Å². The number of carbonyl (C=O) groups is 1. The van der Waals surface area contributed by atoms with Crippen LogP contribution in [0, 0.1) is 12.7 Å². The second kappa shape index (κ2) is 15.1. The predicted octanol–water partition coefficient (Wildman–Crippen LogP) is 5.73. The summed E-state index contributed by atoms with van der Waals surface area (Å²) in [5, 5.41) is 0.723. The number of benzene rings is 2. The molecule has 0 bridgehead atoms. The van der Waals surface area contributed by atoms with Crippen molar-refractivity contribution in [1.29, 1.82) is 0 Å². The number of imidazole rings is 1. The summed E-state index contributed by atoms with van der Waals surface area (Å²) in [6, 6.07) is 8.64. The van der Waals surface area contributed by atoms with Crippen LogP contribution in [0.15, 0.2) is 55.0 Å². The molecule has 0 unspecified atom stereocenters. The molecule has 2 aromatic carbocycles. The van der Waals surface area contributed by atoms with Crippen LogP contribution in [0.3, 0.4) is 0 Å². The van der Waals surface area contributed by atoms with Gasteiger partial charge >= 0.3 is 16.4 Å². The number of likely N-dealkylation sites (tertiary alicyclic amines) is 1. The van der Waals surface area contributed by atoms with E-state index < -0.39 is 40.9 Å². The fourth-order valence-corrected chi connectivity index (χ4v) is 5.90. The van der Waals surface area contributed by atoms with Crippen molar-refractivity contribution in [3.05, 3.63) is 71.7 Å². The van der Waals surface area contributed by atoms with E-state index in [-0.39, 0.29) is 70.5 Å². The Hall–Kier alpha value is -3.61. The number of hydrogen-bond acceptors (Lipinski definition) is 9. The summed E-state index contributed by atoms with van der Waals surface area (Å²) in [7, 11) is -4.82. The molecule has 1 saturated heterocycles. The van der Waals surface area contributed by atoms with E-state index in [0.29, 0.717) is 39.1 Å². The largest absolute Gasteiger partial charge is 0.424 e. The maximum atomic E-state index is 15.7. The standard InChI is InChI=1S/C28H23ClF2N6O6S.CH4.2H2S/c1-15-35-24-12-34-23-11-21(30)18(17-4-3-16(9-20(17)29)43-28-32-6-2-7-33-28)10-19(23)27(24)37(15)25-5-8-36(13-22(25)31)26(38)14-42-44(39,40)41;;;/h2-4,6-7,9-12,22,25H,5,8,13-14H2,1H3,(H,39,40,41);1H4;2*1H2/t22-,25-;;;/m0.../s1. The van der Waals surface area contributed by atoms with Crippen LogP contribution < -0.4 is 4.74 Å². The van der Waals surface area contributed by atoms with Gasteiger partial charge in [-0.1, -0.05) is 19.0 Å². The maximum Gasteiger partial charge on any atom is 0.397 e. The Balaban J connectivity index is 0.00000200. The number of aryl methyl sites for hydroxylation is 1. The van der Waals surface area contributed by atoms with Gasteiger partial charge in [0.15, 0.2) is 0 Å². The molecule has 1 N–H and O–H groups in total. The summed E-state index contributed by atoms with van der Waals surface area (Å²) in [6.07, 6.45) is 3.15. The second-order valence-electron chi connectivity index (χ2n) is 10.0. The molecule has 1 aliphatic rings. The Bertz CT molecular complexity index is 2020. The highest BCUT2D eigenvalue weighted by Crippen LogP contribution is 2.39. The minimum absolute atomic E-state index is 0. The molecule has 12 nitrogen and oxygen atoms in total. The molecular formula is C29H31ClF2N6O6S3. The number of rotatable bonds is 7. The number of ether oxygens (including phenoxy) is 1. The Morgan fingerprint density at radius 2 is 1.83 bits per heavy atom. The molecule has 252 valence electrons. The Labute approximate surface area is 287 Å². The van der Waals surface area contributed by atoms with Crippen molar-refractivity contribution in [3.63, 3.8) is 0 Å². The minimum Gasteiger partial charge on any atom is -0.424 e. The molecule has 47 heavy (non-hydrogen) atoms. The smallest absolute Gasteiger partial charge is 0.397 e. The lowest BCUT2D eigenvalue weighted by molar-refractivity contribution is -0.136. The second-order valence-corrected chi connectivity index (χ2v) is 11.5. The Morgan fingerprint density at radius 1 is 1.11 bits per heavy atom. The zero-order valence-electron chi connectivity index (χ0n) is 23.9. The molecule has 18 heteroatoms. The summed E-state index contributed by atoms with van der Waals surface area (Å²) in [5.41, 5.74) is 1.89. The van der Waals surface area contributed by atoms with E-state index >= 15 is 8.78 Å². The molecule has 2 atom stereocenters. The van der Waals surface area contributed by atoms with Gasteiger partial charge in [0.1, 0.15) is 35.7 Å². The first-order valence-electron chi connectivity index (χ1n) is 13.2. The van der Waals surface area contributed by atoms with Crippen molar-refractivity contribution < 1.29 is 35.5 Å². The summed E-state index contributed by atoms with van der Waals surface area (Å²) in [4.78, 5) is 30.4. The molecule has 1 fully saturated rings. The van der Waals surface area contributed by atoms with Crippen LogP contribution >= 0.6 is 38.6 Å². The zero-order valence-corrected chi connectivity index (χ0v) is 27.5. The summed E-state index contributed by atoms with van der Waals surface area (Å²) in [6.45, 7) is 0.535. The third kappa shape index (κ3) is 7.93. The van der Waals surface area contributed by atoms with E-state index in [0.717, 1.165) is 4.90 Å². The first-order chi connectivity index (χ1) is 21.0. The predicted molar refractivity (Wildman–Crippen MR) is 182 cm³/mol. The van der Waals surface area contributed by atoms with Crippen molar-refractivity contribution >= 4 is 76.8 Å². The first-order valence-corrected chi connectivity index (χ1v) is 15.0. The molecule has 0 radical (unpaired) electrons. The van der Waals surface area contributed by atoms with Crippen molar-refractivity contribution in [3.8, 4) is 22.9 Å². The van der Waals surface area contributed by atoms with Gasteiger partial charge in [0, 0.05) is 47.6 Å². The summed E-state index contributed by atoms with van der Waals surface area (Å²) < 4.78 is 73.1. The van der Waals surface area contributed by atoms with Crippen molar-refractivity contribution in [2.45, 2.75) is 33.0 Å². The van der Waals surface area contributed by atoms with Gasteiger partial charge in [-0.2, -0.15) is 35.4 Å². The Kier molecular flexibility index (Phi) is 12.1. The first kappa shape index (κ1) is 37.8. The minimum atomic E-state index is -4.82. The van der Waals surface area contributed by atoms with Crippen LogP contribution in [0.1, 0.15) is 25.7 Å². The van der Waals surface area contributed by atoms with Crippen molar-refractivity contribution in [2.24, 2.45) is 0 Å². The lowest BCUT2D eigenvalue weighted by Gasteiger charge is -2.36. The van der Waals surface area contributed by atoms with Gasteiger partial charge in [0.25, 0.3) is 0 Å². The van der Waals surface area contributed by atoms with Crippen LogP contribution in [0.5, 0.6) is 11.8 Å². The van der Waals surface area contributed by atoms with Crippen LogP contribution in [0.4, 0.5) is 8.78 Å². The highest BCUT2D eigenvalue weighted by Gasteiger charge is 2.35. The van der Waals surface area contributed by atoms with Crippen molar-refractivity contribution in [1.82, 2.24) is 29.4 Å². The average molecular weight is 729 g/mol. The average Bonchev–Trinajstić information content (AvgIpc) is 3.32. The van der Waals surface area contributed by atoms with E-state index in [1.807, 2.05) is 0 Å².